The lowest BCUT2D eigenvalue weighted by atomic mass is 10.2. The van der Waals surface area contributed by atoms with E-state index in [9.17, 15) is 18.0 Å². The molecule has 0 aromatic heterocycles. The van der Waals surface area contributed by atoms with Gasteiger partial charge in [-0.2, -0.15) is 0 Å². The van der Waals surface area contributed by atoms with E-state index in [2.05, 4.69) is 0 Å². The number of benzene rings is 1. The normalized spacial score (nSPS) is 12.8. The zero-order chi connectivity index (χ0) is 16.0. The van der Waals surface area contributed by atoms with E-state index >= 15 is 0 Å². The van der Waals surface area contributed by atoms with E-state index in [1.54, 1.807) is 12.1 Å². The first-order valence-electron chi connectivity index (χ1n) is 6.08. The van der Waals surface area contributed by atoms with Crippen LogP contribution in [0.25, 0.3) is 0 Å². The Morgan fingerprint density at radius 3 is 2.24 bits per heavy atom. The van der Waals surface area contributed by atoms with Crippen LogP contribution < -0.4 is 0 Å². The highest BCUT2D eigenvalue weighted by Crippen LogP contribution is 2.18. The Morgan fingerprint density at radius 1 is 1.19 bits per heavy atom. The van der Waals surface area contributed by atoms with E-state index in [4.69, 9.17) is 10.2 Å². The topological polar surface area (TPSA) is 109 Å². The van der Waals surface area contributed by atoms with Gasteiger partial charge in [0.05, 0.1) is 17.1 Å². The van der Waals surface area contributed by atoms with Crippen LogP contribution in [0.5, 0.6) is 0 Å². The highest BCUT2D eigenvalue weighted by Gasteiger charge is 2.23. The van der Waals surface area contributed by atoms with Gasteiger partial charge in [0.25, 0.3) is 0 Å². The van der Waals surface area contributed by atoms with E-state index in [1.165, 1.54) is 12.1 Å². The Hall–Kier alpha value is -1.54. The number of carbonyl (C=O) groups is 2. The second-order valence-corrected chi connectivity index (χ2v) is 7.85. The Labute approximate surface area is 127 Å². The molecule has 0 heterocycles. The van der Waals surface area contributed by atoms with E-state index < -0.39 is 33.4 Å². The summed E-state index contributed by atoms with van der Waals surface area (Å²) in [5, 5.41) is 16.3. The van der Waals surface area contributed by atoms with Crippen molar-refractivity contribution in [2.45, 2.75) is 23.5 Å². The SMILES string of the molecule is Cc1ccc(S(=O)(=O)CCSC(CC(=O)O)C(=O)O)cc1. The number of sulfone groups is 1. The third-order valence-electron chi connectivity index (χ3n) is 2.69. The average molecular weight is 332 g/mol. The molecule has 6 nitrogen and oxygen atoms in total. The van der Waals surface area contributed by atoms with Gasteiger partial charge < -0.3 is 10.2 Å². The van der Waals surface area contributed by atoms with Crippen molar-refractivity contribution in [1.29, 1.82) is 0 Å². The predicted molar refractivity (Wildman–Crippen MR) is 79.4 cm³/mol. The first-order chi connectivity index (χ1) is 9.72. The summed E-state index contributed by atoms with van der Waals surface area (Å²) in [4.78, 5) is 21.6. The minimum Gasteiger partial charge on any atom is -0.481 e. The maximum atomic E-state index is 12.0. The maximum absolute atomic E-state index is 12.0. The minimum atomic E-state index is -3.49. The Morgan fingerprint density at radius 2 is 1.76 bits per heavy atom. The molecule has 1 rings (SSSR count). The Balaban J connectivity index is 2.63. The highest BCUT2D eigenvalue weighted by molar-refractivity contribution is 8.01. The zero-order valence-corrected chi connectivity index (χ0v) is 13.0. The van der Waals surface area contributed by atoms with Gasteiger partial charge in [-0.05, 0) is 19.1 Å². The van der Waals surface area contributed by atoms with Gasteiger partial charge >= 0.3 is 11.9 Å². The van der Waals surface area contributed by atoms with Crippen molar-refractivity contribution in [2.75, 3.05) is 11.5 Å². The van der Waals surface area contributed by atoms with Crippen molar-refractivity contribution in [1.82, 2.24) is 0 Å². The van der Waals surface area contributed by atoms with Crippen molar-refractivity contribution in [3.8, 4) is 0 Å². The predicted octanol–water partition coefficient (Wildman–Crippen LogP) is 1.43. The summed E-state index contributed by atoms with van der Waals surface area (Å²) in [5.41, 5.74) is 0.940. The summed E-state index contributed by atoms with van der Waals surface area (Å²) < 4.78 is 24.1. The summed E-state index contributed by atoms with van der Waals surface area (Å²) in [6.07, 6.45) is -0.537. The number of hydrogen-bond donors (Lipinski definition) is 2. The lowest BCUT2D eigenvalue weighted by Crippen LogP contribution is -2.22. The van der Waals surface area contributed by atoms with Crippen molar-refractivity contribution in [2.24, 2.45) is 0 Å². The van der Waals surface area contributed by atoms with E-state index in [0.717, 1.165) is 17.3 Å². The molecule has 1 aromatic carbocycles. The van der Waals surface area contributed by atoms with Crippen LogP contribution in [-0.2, 0) is 19.4 Å². The zero-order valence-electron chi connectivity index (χ0n) is 11.4. The lowest BCUT2D eigenvalue weighted by molar-refractivity contribution is -0.142. The monoisotopic (exact) mass is 332 g/mol. The van der Waals surface area contributed by atoms with Crippen molar-refractivity contribution >= 4 is 33.5 Å². The molecule has 21 heavy (non-hydrogen) atoms. The molecule has 0 aliphatic carbocycles. The van der Waals surface area contributed by atoms with Crippen LogP contribution in [-0.4, -0.2) is 47.3 Å². The Bertz CT molecular complexity index is 606. The van der Waals surface area contributed by atoms with Gasteiger partial charge in [-0.3, -0.25) is 9.59 Å². The molecular weight excluding hydrogens is 316 g/mol. The quantitative estimate of drug-likeness (QED) is 0.741. The van der Waals surface area contributed by atoms with Crippen LogP contribution in [0.2, 0.25) is 0 Å². The molecule has 1 aromatic rings. The summed E-state index contributed by atoms with van der Waals surface area (Å²) in [6.45, 7) is 1.84. The van der Waals surface area contributed by atoms with Gasteiger partial charge in [-0.15, -0.1) is 11.8 Å². The fourth-order valence-electron chi connectivity index (χ4n) is 1.54. The molecule has 0 saturated carbocycles. The van der Waals surface area contributed by atoms with Crippen molar-refractivity contribution in [3.63, 3.8) is 0 Å². The molecule has 1 atom stereocenters. The number of hydrogen-bond acceptors (Lipinski definition) is 5. The van der Waals surface area contributed by atoms with E-state index in [1.807, 2.05) is 6.92 Å². The molecule has 0 bridgehead atoms. The molecule has 116 valence electrons. The third-order valence-corrected chi connectivity index (χ3v) is 5.89. The molecule has 0 amide bonds. The number of carboxylic acid groups (broad SMARTS) is 2. The first kappa shape index (κ1) is 17.5. The maximum Gasteiger partial charge on any atom is 0.317 e. The Kier molecular flexibility index (Phi) is 6.22. The van der Waals surface area contributed by atoms with Crippen LogP contribution >= 0.6 is 11.8 Å². The fraction of sp³-hybridized carbons (Fsp3) is 0.385. The van der Waals surface area contributed by atoms with Gasteiger partial charge in [0.15, 0.2) is 9.84 Å². The molecule has 8 heteroatoms. The third kappa shape index (κ3) is 5.76. The summed E-state index contributed by atoms with van der Waals surface area (Å²) >= 11 is 0.823. The standard InChI is InChI=1S/C13H16O6S2/c1-9-2-4-10(5-3-9)21(18,19)7-6-20-11(13(16)17)8-12(14)15/h2-5,11H,6-8H2,1H3,(H,14,15)(H,16,17). The van der Waals surface area contributed by atoms with Crippen LogP contribution in [0.3, 0.4) is 0 Å². The number of aryl methyl sites for hydroxylation is 1. The molecule has 0 saturated heterocycles. The second-order valence-electron chi connectivity index (χ2n) is 4.43. The van der Waals surface area contributed by atoms with Gasteiger partial charge in [-0.1, -0.05) is 17.7 Å². The largest absolute Gasteiger partial charge is 0.481 e. The molecule has 0 aliphatic heterocycles. The molecule has 0 aliphatic rings. The smallest absolute Gasteiger partial charge is 0.317 e. The molecule has 0 radical (unpaired) electrons. The number of carboxylic acids is 2. The van der Waals surface area contributed by atoms with E-state index in [0.29, 0.717) is 0 Å². The number of rotatable bonds is 8. The molecule has 2 N–H and O–H groups in total. The summed E-state index contributed by atoms with van der Waals surface area (Å²) in [6, 6.07) is 6.37. The lowest BCUT2D eigenvalue weighted by Gasteiger charge is -2.10. The van der Waals surface area contributed by atoms with Crippen LogP contribution in [0.1, 0.15) is 12.0 Å². The summed E-state index contributed by atoms with van der Waals surface area (Å²) in [5.74, 6) is -2.68. The van der Waals surface area contributed by atoms with Crippen LogP contribution in [0, 0.1) is 6.92 Å². The fourth-order valence-corrected chi connectivity index (χ4v) is 4.28. The van der Waals surface area contributed by atoms with Gasteiger partial charge in [0.1, 0.15) is 5.25 Å². The number of thioether (sulfide) groups is 1. The van der Waals surface area contributed by atoms with E-state index in [-0.39, 0.29) is 16.4 Å². The van der Waals surface area contributed by atoms with Crippen molar-refractivity contribution in [3.05, 3.63) is 29.8 Å². The van der Waals surface area contributed by atoms with Gasteiger partial charge in [0, 0.05) is 5.75 Å². The molecular formula is C13H16O6S2. The minimum absolute atomic E-state index is 0.0282. The second kappa shape index (κ2) is 7.46. The number of aliphatic carboxylic acids is 2. The first-order valence-corrected chi connectivity index (χ1v) is 8.78. The molecule has 0 fully saturated rings. The molecule has 0 spiro atoms. The van der Waals surface area contributed by atoms with Crippen LogP contribution in [0.4, 0.5) is 0 Å². The molecule has 1 unspecified atom stereocenters. The highest BCUT2D eigenvalue weighted by atomic mass is 32.2. The summed E-state index contributed by atoms with van der Waals surface area (Å²) in [7, 11) is -3.49. The van der Waals surface area contributed by atoms with Crippen LogP contribution in [0.15, 0.2) is 29.2 Å². The van der Waals surface area contributed by atoms with Gasteiger partial charge in [0.2, 0.25) is 0 Å². The average Bonchev–Trinajstić information content (AvgIpc) is 2.37. The van der Waals surface area contributed by atoms with Crippen molar-refractivity contribution < 1.29 is 28.2 Å². The van der Waals surface area contributed by atoms with Gasteiger partial charge in [-0.25, -0.2) is 8.42 Å².